The number of hydrogen-bond donors (Lipinski definition) is 2. The number of phenols is 1. The molecule has 0 heterocycles. The normalized spacial score (nSPS) is 9.67. The van der Waals surface area contributed by atoms with Gasteiger partial charge in [-0.15, -0.1) is 0 Å². The fourth-order valence-corrected chi connectivity index (χ4v) is 1.18. The number of rotatable bonds is 4. The standard InChI is InChI=1S/C11H12O4/c1-7(11(13)14)6-8-4-3-5-9(15-2)10(8)12/h3-5,12H,1,6H2,2H3,(H,13,14). The van der Waals surface area contributed by atoms with Gasteiger partial charge in [0.15, 0.2) is 11.5 Å². The second-order valence-electron chi connectivity index (χ2n) is 3.05. The van der Waals surface area contributed by atoms with Gasteiger partial charge in [-0.25, -0.2) is 4.79 Å². The lowest BCUT2D eigenvalue weighted by molar-refractivity contribution is -0.132. The molecule has 4 heteroatoms. The summed E-state index contributed by atoms with van der Waals surface area (Å²) in [5, 5.41) is 18.3. The zero-order valence-corrected chi connectivity index (χ0v) is 8.36. The zero-order chi connectivity index (χ0) is 11.4. The maximum atomic E-state index is 10.6. The summed E-state index contributed by atoms with van der Waals surface area (Å²) in [4.78, 5) is 10.6. The number of aromatic hydroxyl groups is 1. The smallest absolute Gasteiger partial charge is 0.331 e. The van der Waals surface area contributed by atoms with Crippen LogP contribution in [0.25, 0.3) is 0 Å². The molecule has 0 fully saturated rings. The van der Waals surface area contributed by atoms with Gasteiger partial charge in [-0.2, -0.15) is 0 Å². The molecule has 0 aliphatic carbocycles. The quantitative estimate of drug-likeness (QED) is 0.737. The molecule has 0 saturated heterocycles. The Kier molecular flexibility index (Phi) is 3.33. The molecule has 2 N–H and O–H groups in total. The third-order valence-corrected chi connectivity index (χ3v) is 2.01. The minimum Gasteiger partial charge on any atom is -0.504 e. The summed E-state index contributed by atoms with van der Waals surface area (Å²) in [6.45, 7) is 3.39. The number of ether oxygens (including phenoxy) is 1. The van der Waals surface area contributed by atoms with Crippen molar-refractivity contribution >= 4 is 5.97 Å². The predicted molar refractivity (Wildman–Crippen MR) is 55.1 cm³/mol. The summed E-state index contributed by atoms with van der Waals surface area (Å²) in [7, 11) is 1.44. The maximum Gasteiger partial charge on any atom is 0.331 e. The molecule has 15 heavy (non-hydrogen) atoms. The van der Waals surface area contributed by atoms with Crippen LogP contribution in [0.2, 0.25) is 0 Å². The SMILES string of the molecule is C=C(Cc1cccc(OC)c1O)C(=O)O. The topological polar surface area (TPSA) is 66.8 Å². The fraction of sp³-hybridized carbons (Fsp3) is 0.182. The van der Waals surface area contributed by atoms with E-state index in [2.05, 4.69) is 6.58 Å². The Morgan fingerprint density at radius 1 is 1.53 bits per heavy atom. The highest BCUT2D eigenvalue weighted by molar-refractivity contribution is 5.86. The van der Waals surface area contributed by atoms with Crippen LogP contribution in [0.1, 0.15) is 5.56 Å². The molecule has 4 nitrogen and oxygen atoms in total. The molecule has 0 spiro atoms. The molecule has 0 radical (unpaired) electrons. The highest BCUT2D eigenvalue weighted by Crippen LogP contribution is 2.30. The highest BCUT2D eigenvalue weighted by Gasteiger charge is 2.11. The van der Waals surface area contributed by atoms with Crippen molar-refractivity contribution in [2.75, 3.05) is 7.11 Å². The van der Waals surface area contributed by atoms with E-state index in [4.69, 9.17) is 9.84 Å². The highest BCUT2D eigenvalue weighted by atomic mass is 16.5. The van der Waals surface area contributed by atoms with Gasteiger partial charge in [-0.1, -0.05) is 18.7 Å². The Labute approximate surface area is 87.4 Å². The van der Waals surface area contributed by atoms with E-state index in [1.807, 2.05) is 0 Å². The molecule has 0 saturated carbocycles. The van der Waals surface area contributed by atoms with Crippen LogP contribution < -0.4 is 4.74 Å². The van der Waals surface area contributed by atoms with E-state index in [0.29, 0.717) is 11.3 Å². The van der Waals surface area contributed by atoms with Crippen molar-refractivity contribution in [3.8, 4) is 11.5 Å². The van der Waals surface area contributed by atoms with Crippen LogP contribution in [0.5, 0.6) is 11.5 Å². The van der Waals surface area contributed by atoms with Gasteiger partial charge in [0.2, 0.25) is 0 Å². The van der Waals surface area contributed by atoms with Crippen molar-refractivity contribution in [1.82, 2.24) is 0 Å². The monoisotopic (exact) mass is 208 g/mol. The Bertz CT molecular complexity index is 396. The maximum absolute atomic E-state index is 10.6. The number of methoxy groups -OCH3 is 1. The van der Waals surface area contributed by atoms with Crippen LogP contribution in [0.3, 0.4) is 0 Å². The average Bonchev–Trinajstić information content (AvgIpc) is 2.21. The molecule has 0 amide bonds. The van der Waals surface area contributed by atoms with Gasteiger partial charge in [0.05, 0.1) is 7.11 Å². The summed E-state index contributed by atoms with van der Waals surface area (Å²) in [6.07, 6.45) is 0.0956. The third-order valence-electron chi connectivity index (χ3n) is 2.01. The Hall–Kier alpha value is -1.97. The van der Waals surface area contributed by atoms with Gasteiger partial charge in [0.1, 0.15) is 0 Å². The van der Waals surface area contributed by atoms with Crippen LogP contribution in [0.4, 0.5) is 0 Å². The lowest BCUT2D eigenvalue weighted by Crippen LogP contribution is -2.02. The van der Waals surface area contributed by atoms with E-state index in [1.165, 1.54) is 7.11 Å². The Morgan fingerprint density at radius 2 is 2.20 bits per heavy atom. The van der Waals surface area contributed by atoms with E-state index in [0.717, 1.165) is 0 Å². The van der Waals surface area contributed by atoms with Crippen LogP contribution in [-0.2, 0) is 11.2 Å². The van der Waals surface area contributed by atoms with Crippen LogP contribution in [0, 0.1) is 0 Å². The van der Waals surface area contributed by atoms with Gasteiger partial charge in [-0.3, -0.25) is 0 Å². The lowest BCUT2D eigenvalue weighted by atomic mass is 10.1. The Balaban J connectivity index is 2.95. The zero-order valence-electron chi connectivity index (χ0n) is 8.36. The van der Waals surface area contributed by atoms with Crippen LogP contribution in [-0.4, -0.2) is 23.3 Å². The van der Waals surface area contributed by atoms with Crippen molar-refractivity contribution in [1.29, 1.82) is 0 Å². The third kappa shape index (κ3) is 2.49. The van der Waals surface area contributed by atoms with Gasteiger partial charge in [-0.05, 0) is 6.07 Å². The molecular weight excluding hydrogens is 196 g/mol. The number of aliphatic carboxylic acids is 1. The molecule has 0 aliphatic heterocycles. The van der Waals surface area contributed by atoms with E-state index in [-0.39, 0.29) is 17.7 Å². The molecule has 0 atom stereocenters. The molecule has 0 aliphatic rings. The summed E-state index contributed by atoms with van der Waals surface area (Å²) in [6, 6.07) is 4.91. The molecule has 1 rings (SSSR count). The number of para-hydroxylation sites is 1. The first-order valence-electron chi connectivity index (χ1n) is 4.32. The molecule has 0 bridgehead atoms. The summed E-state index contributed by atoms with van der Waals surface area (Å²) >= 11 is 0. The summed E-state index contributed by atoms with van der Waals surface area (Å²) in [5.41, 5.74) is 0.514. The van der Waals surface area contributed by atoms with Crippen LogP contribution in [0.15, 0.2) is 30.4 Å². The minimum atomic E-state index is -1.07. The number of benzene rings is 1. The molecule has 0 unspecified atom stereocenters. The number of hydrogen-bond acceptors (Lipinski definition) is 3. The summed E-state index contributed by atoms with van der Waals surface area (Å²) in [5.74, 6) is -0.787. The minimum absolute atomic E-state index is 0.0264. The van der Waals surface area contributed by atoms with Gasteiger partial charge in [0.25, 0.3) is 0 Å². The number of phenolic OH excluding ortho intramolecular Hbond substituents is 1. The first kappa shape index (κ1) is 11.1. The summed E-state index contributed by atoms with van der Waals surface area (Å²) < 4.78 is 4.90. The second-order valence-corrected chi connectivity index (χ2v) is 3.05. The second kappa shape index (κ2) is 4.50. The van der Waals surface area contributed by atoms with Crippen molar-refractivity contribution in [2.45, 2.75) is 6.42 Å². The number of carbonyl (C=O) groups is 1. The molecule has 1 aromatic rings. The van der Waals surface area contributed by atoms with E-state index in [9.17, 15) is 9.90 Å². The molecule has 80 valence electrons. The van der Waals surface area contributed by atoms with E-state index < -0.39 is 5.97 Å². The largest absolute Gasteiger partial charge is 0.504 e. The number of carboxylic acid groups (broad SMARTS) is 1. The van der Waals surface area contributed by atoms with E-state index in [1.54, 1.807) is 18.2 Å². The van der Waals surface area contributed by atoms with Crippen molar-refractivity contribution in [3.05, 3.63) is 35.9 Å². The first-order valence-corrected chi connectivity index (χ1v) is 4.32. The molecular formula is C11H12O4. The van der Waals surface area contributed by atoms with Crippen molar-refractivity contribution in [2.24, 2.45) is 0 Å². The van der Waals surface area contributed by atoms with Gasteiger partial charge >= 0.3 is 5.97 Å². The number of carboxylic acids is 1. The first-order chi connectivity index (χ1) is 7.06. The van der Waals surface area contributed by atoms with Crippen molar-refractivity contribution < 1.29 is 19.7 Å². The van der Waals surface area contributed by atoms with Crippen LogP contribution >= 0.6 is 0 Å². The van der Waals surface area contributed by atoms with Gasteiger partial charge in [0, 0.05) is 17.6 Å². The molecule has 0 aromatic heterocycles. The fourth-order valence-electron chi connectivity index (χ4n) is 1.18. The molecule has 1 aromatic carbocycles. The average molecular weight is 208 g/mol. The Morgan fingerprint density at radius 3 is 2.73 bits per heavy atom. The van der Waals surface area contributed by atoms with Crippen molar-refractivity contribution in [3.63, 3.8) is 0 Å². The van der Waals surface area contributed by atoms with E-state index >= 15 is 0 Å². The lowest BCUT2D eigenvalue weighted by Gasteiger charge is -2.08. The predicted octanol–water partition coefficient (Wildman–Crippen LogP) is 1.58. The van der Waals surface area contributed by atoms with Gasteiger partial charge < -0.3 is 14.9 Å².